The number of β-lactam (4-membered cyclic amide) rings is 1. The second-order valence-corrected chi connectivity index (χ2v) is 13.1. The van der Waals surface area contributed by atoms with E-state index in [1.165, 1.54) is 4.90 Å². The van der Waals surface area contributed by atoms with Crippen molar-refractivity contribution in [3.05, 3.63) is 24.3 Å². The van der Waals surface area contributed by atoms with Gasteiger partial charge in [-0.2, -0.15) is 0 Å². The van der Waals surface area contributed by atoms with Gasteiger partial charge in [0.05, 0.1) is 19.1 Å². The minimum absolute atomic E-state index is 0.0115. The summed E-state index contributed by atoms with van der Waals surface area (Å²) >= 11 is 0. The molecule has 7 heteroatoms. The van der Waals surface area contributed by atoms with Crippen LogP contribution >= 0.6 is 0 Å². The smallest absolute Gasteiger partial charge is 0.327 e. The van der Waals surface area contributed by atoms with Gasteiger partial charge in [-0.15, -0.1) is 0 Å². The minimum Gasteiger partial charge on any atom is -0.497 e. The molecule has 1 aromatic rings. The first kappa shape index (κ1) is 20.4. The molecule has 1 heterocycles. The molecule has 1 fully saturated rings. The molecule has 0 saturated carbocycles. The molecule has 1 aliphatic rings. The lowest BCUT2D eigenvalue weighted by Gasteiger charge is -2.49. The normalized spacial score (nSPS) is 22.0. The molecular formula is C19H29NO5Si. The third-order valence-corrected chi connectivity index (χ3v) is 10.1. The van der Waals surface area contributed by atoms with Crippen LogP contribution < -0.4 is 9.64 Å². The molecule has 26 heavy (non-hydrogen) atoms. The Bertz CT molecular complexity index is 680. The van der Waals surface area contributed by atoms with E-state index in [0.29, 0.717) is 11.4 Å². The summed E-state index contributed by atoms with van der Waals surface area (Å²) in [5, 5.41) is 9.69. The van der Waals surface area contributed by atoms with E-state index >= 15 is 0 Å². The lowest BCUT2D eigenvalue weighted by molar-refractivity contribution is -0.152. The first-order valence-corrected chi connectivity index (χ1v) is 11.7. The Labute approximate surface area is 156 Å². The van der Waals surface area contributed by atoms with Crippen LogP contribution in [-0.2, 0) is 14.0 Å². The predicted molar refractivity (Wildman–Crippen MR) is 103 cm³/mol. The summed E-state index contributed by atoms with van der Waals surface area (Å²) in [6, 6.07) is 5.90. The summed E-state index contributed by atoms with van der Waals surface area (Å²) in [7, 11) is -0.546. The third kappa shape index (κ3) is 3.64. The standard InChI is InChI=1S/C19H29NO5Si/c1-12(25-26(6,7)19(2,3)4)15-16(18(22)23)20(17(15)21)13-8-10-14(24-5)11-9-13/h8-12,15-16H,1-7H3,(H,22,23)/t12-,15?,16?/m1/s1. The number of amides is 1. The van der Waals surface area contributed by atoms with Crippen LogP contribution in [0.15, 0.2) is 24.3 Å². The zero-order valence-electron chi connectivity index (χ0n) is 16.6. The van der Waals surface area contributed by atoms with Crippen molar-refractivity contribution in [3.8, 4) is 5.75 Å². The largest absolute Gasteiger partial charge is 0.497 e. The maximum atomic E-state index is 12.8. The Morgan fingerprint density at radius 3 is 2.19 bits per heavy atom. The van der Waals surface area contributed by atoms with Gasteiger partial charge in [0, 0.05) is 5.69 Å². The minimum atomic E-state index is -2.10. The Morgan fingerprint density at radius 1 is 1.23 bits per heavy atom. The predicted octanol–water partition coefficient (Wildman–Crippen LogP) is 3.52. The molecular weight excluding hydrogens is 350 g/mol. The van der Waals surface area contributed by atoms with Crippen LogP contribution in [-0.4, -0.2) is 44.6 Å². The summed E-state index contributed by atoms with van der Waals surface area (Å²) < 4.78 is 11.4. The van der Waals surface area contributed by atoms with Crippen LogP contribution in [0.4, 0.5) is 5.69 Å². The summed E-state index contributed by atoms with van der Waals surface area (Å²) in [6.07, 6.45) is -0.445. The number of anilines is 1. The van der Waals surface area contributed by atoms with Gasteiger partial charge in [0.1, 0.15) is 11.8 Å². The van der Waals surface area contributed by atoms with E-state index < -0.39 is 32.4 Å². The average Bonchev–Trinajstić information content (AvgIpc) is 2.51. The average molecular weight is 380 g/mol. The summed E-state index contributed by atoms with van der Waals surface area (Å²) in [5.74, 6) is -1.26. The first-order chi connectivity index (χ1) is 11.9. The highest BCUT2D eigenvalue weighted by atomic mass is 28.4. The fourth-order valence-electron chi connectivity index (χ4n) is 2.98. The van der Waals surface area contributed by atoms with E-state index in [2.05, 4.69) is 33.9 Å². The molecule has 1 aliphatic heterocycles. The fourth-order valence-corrected chi connectivity index (χ4v) is 4.41. The topological polar surface area (TPSA) is 76.1 Å². The molecule has 0 aliphatic carbocycles. The number of hydrogen-bond donors (Lipinski definition) is 1. The molecule has 2 rings (SSSR count). The number of benzene rings is 1. The highest BCUT2D eigenvalue weighted by Gasteiger charge is 2.56. The number of ether oxygens (including phenoxy) is 1. The number of carboxylic acid groups (broad SMARTS) is 1. The van der Waals surface area contributed by atoms with Crippen molar-refractivity contribution in [2.45, 2.75) is 58.0 Å². The molecule has 144 valence electrons. The van der Waals surface area contributed by atoms with E-state index in [-0.39, 0.29) is 10.9 Å². The van der Waals surface area contributed by atoms with Crippen molar-refractivity contribution in [3.63, 3.8) is 0 Å². The number of methoxy groups -OCH3 is 1. The first-order valence-electron chi connectivity index (χ1n) is 8.78. The molecule has 1 amide bonds. The molecule has 0 bridgehead atoms. The Balaban J connectivity index is 2.23. The monoisotopic (exact) mass is 379 g/mol. The van der Waals surface area contributed by atoms with Gasteiger partial charge < -0.3 is 14.3 Å². The van der Waals surface area contributed by atoms with Crippen LogP contribution in [0.25, 0.3) is 0 Å². The molecule has 2 unspecified atom stereocenters. The Hall–Kier alpha value is -1.86. The lowest BCUT2D eigenvalue weighted by atomic mass is 9.82. The Morgan fingerprint density at radius 2 is 1.77 bits per heavy atom. The van der Waals surface area contributed by atoms with Gasteiger partial charge in [0.2, 0.25) is 5.91 Å². The highest BCUT2D eigenvalue weighted by Crippen LogP contribution is 2.41. The zero-order chi connectivity index (χ0) is 19.9. The molecule has 1 saturated heterocycles. The zero-order valence-corrected chi connectivity index (χ0v) is 17.6. The fraction of sp³-hybridized carbons (Fsp3) is 0.579. The molecule has 0 aromatic heterocycles. The van der Waals surface area contributed by atoms with Crippen molar-refractivity contribution < 1.29 is 23.9 Å². The van der Waals surface area contributed by atoms with Crippen LogP contribution in [0.5, 0.6) is 5.75 Å². The number of carbonyl (C=O) groups is 2. The van der Waals surface area contributed by atoms with E-state index in [1.54, 1.807) is 31.4 Å². The molecule has 1 aromatic carbocycles. The van der Waals surface area contributed by atoms with Crippen molar-refractivity contribution in [2.75, 3.05) is 12.0 Å². The van der Waals surface area contributed by atoms with Crippen molar-refractivity contribution >= 4 is 25.9 Å². The SMILES string of the molecule is COc1ccc(N2C(=O)C([C@@H](C)O[Si](C)(C)C(C)(C)C)C2C(=O)O)cc1. The third-order valence-electron chi connectivity index (χ3n) is 5.54. The summed E-state index contributed by atoms with van der Waals surface area (Å²) in [6.45, 7) is 12.4. The maximum Gasteiger partial charge on any atom is 0.327 e. The number of aliphatic carboxylic acids is 1. The number of rotatable bonds is 6. The van der Waals surface area contributed by atoms with E-state index in [1.807, 2.05) is 6.92 Å². The van der Waals surface area contributed by atoms with E-state index in [0.717, 1.165) is 0 Å². The summed E-state index contributed by atoms with van der Waals surface area (Å²) in [4.78, 5) is 26.0. The van der Waals surface area contributed by atoms with Gasteiger partial charge in [0.25, 0.3) is 0 Å². The van der Waals surface area contributed by atoms with Crippen molar-refractivity contribution in [1.29, 1.82) is 0 Å². The van der Waals surface area contributed by atoms with E-state index in [4.69, 9.17) is 9.16 Å². The molecule has 0 spiro atoms. The molecule has 6 nitrogen and oxygen atoms in total. The number of carboxylic acids is 1. The molecule has 1 N–H and O–H groups in total. The van der Waals surface area contributed by atoms with Crippen LogP contribution in [0.2, 0.25) is 18.1 Å². The van der Waals surface area contributed by atoms with Crippen LogP contribution in [0.3, 0.4) is 0 Å². The molecule has 3 atom stereocenters. The van der Waals surface area contributed by atoms with Gasteiger partial charge in [0.15, 0.2) is 8.32 Å². The lowest BCUT2D eigenvalue weighted by Crippen LogP contribution is -2.69. The Kier molecular flexibility index (Phi) is 5.54. The molecule has 0 radical (unpaired) electrons. The van der Waals surface area contributed by atoms with Gasteiger partial charge in [-0.1, -0.05) is 20.8 Å². The number of nitrogens with zero attached hydrogens (tertiary/aromatic N) is 1. The highest BCUT2D eigenvalue weighted by molar-refractivity contribution is 6.74. The maximum absolute atomic E-state index is 12.8. The van der Waals surface area contributed by atoms with Crippen LogP contribution in [0, 0.1) is 5.92 Å². The summed E-state index contributed by atoms with van der Waals surface area (Å²) in [5.41, 5.74) is 0.555. The van der Waals surface area contributed by atoms with E-state index in [9.17, 15) is 14.7 Å². The number of carbonyl (C=O) groups excluding carboxylic acids is 1. The van der Waals surface area contributed by atoms with Crippen molar-refractivity contribution in [2.24, 2.45) is 5.92 Å². The van der Waals surface area contributed by atoms with Crippen LogP contribution in [0.1, 0.15) is 27.7 Å². The number of hydrogen-bond acceptors (Lipinski definition) is 4. The van der Waals surface area contributed by atoms with Gasteiger partial charge >= 0.3 is 5.97 Å². The second-order valence-electron chi connectivity index (χ2n) is 8.30. The van der Waals surface area contributed by atoms with Gasteiger partial charge in [-0.05, 0) is 49.3 Å². The van der Waals surface area contributed by atoms with Gasteiger partial charge in [-0.3, -0.25) is 9.69 Å². The quantitative estimate of drug-likeness (QED) is 0.604. The van der Waals surface area contributed by atoms with Gasteiger partial charge in [-0.25, -0.2) is 4.79 Å². The van der Waals surface area contributed by atoms with Crippen molar-refractivity contribution in [1.82, 2.24) is 0 Å². The second kappa shape index (κ2) is 7.04.